The number of carbonyl (C=O) groups excluding carboxylic acids is 2. The predicted octanol–water partition coefficient (Wildman–Crippen LogP) is 2.01. The molecule has 0 aromatic rings. The molecule has 4 heteroatoms. The standard InChI is InChI=1S/C12H18O4/c1-5-10(12(14)16-7-3)8-9(4)11(13)15-6-2/h5H,4,6-8H2,1-3H3/b10-5-. The van der Waals surface area contributed by atoms with Gasteiger partial charge in [0.2, 0.25) is 0 Å². The van der Waals surface area contributed by atoms with Gasteiger partial charge in [-0.3, -0.25) is 0 Å². The molecule has 0 spiro atoms. The molecule has 0 bridgehead atoms. The number of ether oxygens (including phenoxy) is 2. The van der Waals surface area contributed by atoms with Gasteiger partial charge in [-0.2, -0.15) is 0 Å². The molecule has 0 aliphatic carbocycles. The Kier molecular flexibility index (Phi) is 6.92. The van der Waals surface area contributed by atoms with Crippen LogP contribution < -0.4 is 0 Å². The van der Waals surface area contributed by atoms with Crippen LogP contribution >= 0.6 is 0 Å². The van der Waals surface area contributed by atoms with Crippen LogP contribution in [0.4, 0.5) is 0 Å². The maximum absolute atomic E-state index is 11.4. The third-order valence-corrected chi connectivity index (χ3v) is 1.85. The van der Waals surface area contributed by atoms with Gasteiger partial charge in [0.15, 0.2) is 0 Å². The first-order chi connectivity index (χ1) is 7.56. The van der Waals surface area contributed by atoms with Crippen molar-refractivity contribution in [1.29, 1.82) is 0 Å². The highest BCUT2D eigenvalue weighted by Gasteiger charge is 2.15. The monoisotopic (exact) mass is 226 g/mol. The smallest absolute Gasteiger partial charge is 0.333 e. The SMILES string of the molecule is C=C(C/C(=C/C)C(=O)OCC)C(=O)OCC. The van der Waals surface area contributed by atoms with Crippen LogP contribution in [-0.2, 0) is 19.1 Å². The van der Waals surface area contributed by atoms with Crippen molar-refractivity contribution in [2.24, 2.45) is 0 Å². The minimum atomic E-state index is -0.480. The summed E-state index contributed by atoms with van der Waals surface area (Å²) in [6, 6.07) is 0. The summed E-state index contributed by atoms with van der Waals surface area (Å²) in [5, 5.41) is 0. The van der Waals surface area contributed by atoms with Gasteiger partial charge in [0.1, 0.15) is 0 Å². The maximum Gasteiger partial charge on any atom is 0.333 e. The first-order valence-corrected chi connectivity index (χ1v) is 5.23. The molecular formula is C12H18O4. The summed E-state index contributed by atoms with van der Waals surface area (Å²) in [6.07, 6.45) is 1.77. The molecule has 0 heterocycles. The summed E-state index contributed by atoms with van der Waals surface area (Å²) in [4.78, 5) is 22.7. The molecule has 0 saturated carbocycles. The molecular weight excluding hydrogens is 208 g/mol. The molecule has 0 radical (unpaired) electrons. The van der Waals surface area contributed by atoms with Crippen LogP contribution in [0.5, 0.6) is 0 Å². The van der Waals surface area contributed by atoms with Crippen molar-refractivity contribution in [2.75, 3.05) is 13.2 Å². The van der Waals surface area contributed by atoms with E-state index in [-0.39, 0.29) is 12.0 Å². The van der Waals surface area contributed by atoms with Gasteiger partial charge in [-0.25, -0.2) is 9.59 Å². The first kappa shape index (κ1) is 14.4. The zero-order chi connectivity index (χ0) is 12.6. The quantitative estimate of drug-likeness (QED) is 0.513. The highest BCUT2D eigenvalue weighted by molar-refractivity contribution is 5.94. The second-order valence-electron chi connectivity index (χ2n) is 3.04. The number of hydrogen-bond acceptors (Lipinski definition) is 4. The summed E-state index contributed by atoms with van der Waals surface area (Å²) in [6.45, 7) is 9.34. The van der Waals surface area contributed by atoms with Crippen molar-refractivity contribution in [1.82, 2.24) is 0 Å². The Bertz CT molecular complexity index is 302. The van der Waals surface area contributed by atoms with Crippen LogP contribution in [0.2, 0.25) is 0 Å². The summed E-state index contributed by atoms with van der Waals surface area (Å²) in [5.41, 5.74) is 0.669. The number of rotatable bonds is 6. The molecule has 4 nitrogen and oxygen atoms in total. The van der Waals surface area contributed by atoms with Gasteiger partial charge in [-0.1, -0.05) is 12.7 Å². The van der Waals surface area contributed by atoms with E-state index in [0.717, 1.165) is 0 Å². The number of allylic oxidation sites excluding steroid dienone is 1. The second-order valence-corrected chi connectivity index (χ2v) is 3.04. The summed E-state index contributed by atoms with van der Waals surface area (Å²) >= 11 is 0. The Morgan fingerprint density at radius 1 is 1.12 bits per heavy atom. The van der Waals surface area contributed by atoms with E-state index in [4.69, 9.17) is 9.47 Å². The number of carbonyl (C=O) groups is 2. The van der Waals surface area contributed by atoms with Crippen molar-refractivity contribution in [3.8, 4) is 0 Å². The third kappa shape index (κ3) is 4.77. The van der Waals surface area contributed by atoms with Crippen LogP contribution in [0, 0.1) is 0 Å². The third-order valence-electron chi connectivity index (χ3n) is 1.85. The molecule has 0 fully saturated rings. The van der Waals surface area contributed by atoms with E-state index in [1.165, 1.54) is 0 Å². The lowest BCUT2D eigenvalue weighted by molar-refractivity contribution is -0.139. The molecule has 0 aliphatic heterocycles. The minimum Gasteiger partial charge on any atom is -0.463 e. The molecule has 0 aromatic heterocycles. The minimum absolute atomic E-state index is 0.161. The lowest BCUT2D eigenvalue weighted by Crippen LogP contribution is -2.12. The Morgan fingerprint density at radius 2 is 1.62 bits per heavy atom. The topological polar surface area (TPSA) is 52.6 Å². The number of hydrogen-bond donors (Lipinski definition) is 0. The van der Waals surface area contributed by atoms with Gasteiger partial charge < -0.3 is 9.47 Å². The van der Waals surface area contributed by atoms with Crippen molar-refractivity contribution < 1.29 is 19.1 Å². The van der Waals surface area contributed by atoms with Gasteiger partial charge in [-0.05, 0) is 20.8 Å². The van der Waals surface area contributed by atoms with Gasteiger partial charge in [0, 0.05) is 17.6 Å². The maximum atomic E-state index is 11.4. The van der Waals surface area contributed by atoms with E-state index < -0.39 is 11.9 Å². The van der Waals surface area contributed by atoms with Crippen molar-refractivity contribution in [3.63, 3.8) is 0 Å². The molecule has 16 heavy (non-hydrogen) atoms. The fraction of sp³-hybridized carbons (Fsp3) is 0.500. The predicted molar refractivity (Wildman–Crippen MR) is 60.8 cm³/mol. The van der Waals surface area contributed by atoms with E-state index in [9.17, 15) is 9.59 Å². The largest absolute Gasteiger partial charge is 0.463 e. The van der Waals surface area contributed by atoms with Gasteiger partial charge in [0.05, 0.1) is 13.2 Å². The van der Waals surface area contributed by atoms with Crippen molar-refractivity contribution in [3.05, 3.63) is 23.8 Å². The average Bonchev–Trinajstić information content (AvgIpc) is 2.26. The highest BCUT2D eigenvalue weighted by Crippen LogP contribution is 2.12. The highest BCUT2D eigenvalue weighted by atomic mass is 16.5. The van der Waals surface area contributed by atoms with Gasteiger partial charge in [-0.15, -0.1) is 0 Å². The Morgan fingerprint density at radius 3 is 2.06 bits per heavy atom. The van der Waals surface area contributed by atoms with Crippen LogP contribution in [0.3, 0.4) is 0 Å². The second kappa shape index (κ2) is 7.68. The van der Waals surface area contributed by atoms with Gasteiger partial charge >= 0.3 is 11.9 Å². The molecule has 0 saturated heterocycles. The molecule has 90 valence electrons. The van der Waals surface area contributed by atoms with E-state index in [1.54, 1.807) is 26.8 Å². The zero-order valence-corrected chi connectivity index (χ0v) is 10.0. The molecule has 0 atom stereocenters. The van der Waals surface area contributed by atoms with E-state index in [2.05, 4.69) is 6.58 Å². The Hall–Kier alpha value is -1.58. The van der Waals surface area contributed by atoms with E-state index in [1.807, 2.05) is 0 Å². The molecule has 0 rings (SSSR count). The van der Waals surface area contributed by atoms with E-state index in [0.29, 0.717) is 18.8 Å². The van der Waals surface area contributed by atoms with Crippen LogP contribution in [-0.4, -0.2) is 25.2 Å². The summed E-state index contributed by atoms with van der Waals surface area (Å²) in [7, 11) is 0. The van der Waals surface area contributed by atoms with Crippen molar-refractivity contribution in [2.45, 2.75) is 27.2 Å². The van der Waals surface area contributed by atoms with Crippen LogP contribution in [0.15, 0.2) is 23.8 Å². The molecule has 0 amide bonds. The fourth-order valence-electron chi connectivity index (χ4n) is 1.05. The van der Waals surface area contributed by atoms with Crippen LogP contribution in [0.1, 0.15) is 27.2 Å². The molecule has 0 N–H and O–H groups in total. The fourth-order valence-corrected chi connectivity index (χ4v) is 1.05. The normalized spacial score (nSPS) is 10.8. The average molecular weight is 226 g/mol. The molecule has 0 aliphatic rings. The van der Waals surface area contributed by atoms with Crippen molar-refractivity contribution >= 4 is 11.9 Å². The number of esters is 2. The first-order valence-electron chi connectivity index (χ1n) is 5.23. The molecule has 0 aromatic carbocycles. The van der Waals surface area contributed by atoms with Gasteiger partial charge in [0.25, 0.3) is 0 Å². The Balaban J connectivity index is 4.40. The lowest BCUT2D eigenvalue weighted by Gasteiger charge is -2.08. The lowest BCUT2D eigenvalue weighted by atomic mass is 10.1. The Labute approximate surface area is 95.9 Å². The zero-order valence-electron chi connectivity index (χ0n) is 10.0. The van der Waals surface area contributed by atoms with E-state index >= 15 is 0 Å². The summed E-state index contributed by atoms with van der Waals surface area (Å²) < 4.78 is 9.61. The molecule has 0 unspecified atom stereocenters. The summed E-state index contributed by atoms with van der Waals surface area (Å²) in [5.74, 6) is -0.901. The van der Waals surface area contributed by atoms with Crippen LogP contribution in [0.25, 0.3) is 0 Å².